The van der Waals surface area contributed by atoms with Crippen molar-refractivity contribution < 1.29 is 283 Å². The molecule has 2 amide bonds. The van der Waals surface area contributed by atoms with Crippen LogP contribution in [-0.2, 0) is 38.3 Å². The minimum atomic E-state index is -3.66. The number of aromatic hydroxyl groups is 1. The van der Waals surface area contributed by atoms with E-state index in [0.29, 0.717) is 87.9 Å². The third-order valence-electron chi connectivity index (χ3n) is 21.1. The third-order valence-corrected chi connectivity index (χ3v) is 25.3. The number of anilines is 4. The molecule has 1 aromatic heterocycles. The second-order valence-corrected chi connectivity index (χ2v) is 39.7. The van der Waals surface area contributed by atoms with Gasteiger partial charge in [-0.1, -0.05) is 94.4 Å². The van der Waals surface area contributed by atoms with Crippen molar-refractivity contribution >= 4 is 136 Å². The van der Waals surface area contributed by atoms with E-state index in [-0.39, 0.29) is 233 Å². The van der Waals surface area contributed by atoms with Gasteiger partial charge in [0.25, 0.3) is 6.47 Å². The molecule has 0 bridgehead atoms. The zero-order valence-corrected chi connectivity index (χ0v) is 101. The number of nitrogens with zero attached hydrogens (tertiary/aromatic N) is 8. The normalized spacial score (nSPS) is 19.6. The maximum absolute atomic E-state index is 13.0. The summed E-state index contributed by atoms with van der Waals surface area (Å²) in [5.41, 5.74) is 4.11. The number of amides is 2. The van der Waals surface area contributed by atoms with Gasteiger partial charge in [0.1, 0.15) is 22.0 Å². The second kappa shape index (κ2) is 60.7. The Morgan fingerprint density at radius 2 is 1.06 bits per heavy atom. The molecule has 0 unspecified atom stereocenters. The molecule has 0 spiro atoms. The molecule has 5 N–H and O–H groups in total. The van der Waals surface area contributed by atoms with E-state index in [2.05, 4.69) is 68.0 Å². The van der Waals surface area contributed by atoms with Crippen LogP contribution in [0.15, 0.2) is 129 Å². The van der Waals surface area contributed by atoms with E-state index < -0.39 is 185 Å². The van der Waals surface area contributed by atoms with Crippen molar-refractivity contribution in [3.8, 4) is 28.7 Å². The molecule has 144 heavy (non-hydrogen) atoms. The molecule has 43 heteroatoms. The molecule has 6 aromatic carbocycles. The van der Waals surface area contributed by atoms with Gasteiger partial charge in [0, 0.05) is 121 Å². The third kappa shape index (κ3) is 42.4. The molecule has 0 saturated carbocycles. The van der Waals surface area contributed by atoms with Gasteiger partial charge in [-0.3, -0.25) is 45.3 Å². The summed E-state index contributed by atoms with van der Waals surface area (Å²) in [4.78, 5) is 88.8. The number of hydrogen-bond donors (Lipinski definition) is 5. The molecule has 7 aromatic rings. The molecular formula is C101H142BBr2ClCs2N12O24S. The number of carbonyl (C=O) groups is 3. The van der Waals surface area contributed by atoms with Gasteiger partial charge in [-0.25, -0.2) is 23.0 Å². The zero-order valence-electron chi connectivity index (χ0n) is 119. The molecule has 782 valence electrons. The number of piperidine rings is 1. The van der Waals surface area contributed by atoms with Gasteiger partial charge in [-0.05, 0) is 334 Å². The monoisotopic (exact) mass is 2440 g/mol. The Hall–Kier alpha value is -7.00. The van der Waals surface area contributed by atoms with E-state index in [1.165, 1.54) is 47.5 Å². The largest absolute Gasteiger partial charge is 1.00 e. The number of halogens is 3. The van der Waals surface area contributed by atoms with Gasteiger partial charge in [0.05, 0.1) is 88.4 Å². The van der Waals surface area contributed by atoms with Gasteiger partial charge in [0.15, 0.2) is 38.7 Å². The number of aryl methyl sites for hydroxylation is 5. The van der Waals surface area contributed by atoms with Crippen LogP contribution >= 0.6 is 43.5 Å². The van der Waals surface area contributed by atoms with Gasteiger partial charge in [-0.15, -0.1) is 0 Å². The smallest absolute Gasteiger partial charge is 1.00 e. The number of phenolic OH excluding ortho intramolecular Hbond substituents is 1. The van der Waals surface area contributed by atoms with Crippen LogP contribution < -0.4 is 183 Å². The average molecular weight is 2450 g/mol. The number of nitro benzene ring substituents is 4. The van der Waals surface area contributed by atoms with Gasteiger partial charge < -0.3 is 85.5 Å². The predicted octanol–water partition coefficient (Wildman–Crippen LogP) is 17.4. The quantitative estimate of drug-likeness (QED) is 0.0131. The van der Waals surface area contributed by atoms with Gasteiger partial charge in [0.2, 0.25) is 5.95 Å². The Morgan fingerprint density at radius 1 is 0.611 bits per heavy atom. The number of ether oxygens (including phenoxy) is 6. The summed E-state index contributed by atoms with van der Waals surface area (Å²) in [6.45, 7) is 3.48. The van der Waals surface area contributed by atoms with Gasteiger partial charge >= 0.3 is 180 Å². The molecule has 0 radical (unpaired) electrons. The molecule has 0 aliphatic carbocycles. The minimum Gasteiger partial charge on any atom is -1.00 e. The number of benzene rings is 6. The number of carbonyl (C=O) groups excluding carboxylic acids is 3. The van der Waals surface area contributed by atoms with Crippen LogP contribution in [0.1, 0.15) is 290 Å². The Kier molecular flexibility index (Phi) is 35.3. The van der Waals surface area contributed by atoms with E-state index in [1.54, 1.807) is 104 Å². The molecule has 5 aliphatic rings. The summed E-state index contributed by atoms with van der Waals surface area (Å²) in [5, 5.41) is 73.7. The summed E-state index contributed by atoms with van der Waals surface area (Å²) in [6.07, 6.45) is -3.84. The standard InChI is InChI=1S/C28H36ClN5O3S.C20H28N2O5.C16H28BNO4.C15H20N2O3.C10H12BrNO3.C7H6BrNO3.C4H10.CH2O3.2Cs.H/c1-17(2)37-25-15-21(20-10-12-30-13-11-20)19(5)14-24(25)33-28-31-16-22(29)27(34-28)32-23-8-6-7-9-26(23)38(35,36)18(3)4;1-13(2)26-18-12-16(14(3)11-17(18)22(24)25)15-7-9-21(10-8-15)19(23)27-20(4,5)6;1-14(2,3)20-13(19)18-10-8-12(9-11-18)17-21-15(4,5)16(6,7)22-17;1-10(2)20-15-9-13(12-4-6-16-7-5-12)11(3)8-14(15)17(18)19;1-6(2)15-10-5-8(11)7(3)4-9(10)12(13)14;1-4-2-6(9(11)12)7(10)3-5(4)8;1-4(2)3;2-1-4-3;;;/h6-9,14-18,20,30H,10-13H2,1-5H3,(H2,31,32,33,34);7,11-13H,8-10H2,1-6H3;8H,9-11H2,1-7H3;4,8-10,16H,5-7H2,1-3H3;4-6H,1-3H3;2-3,10H,1H3;4H,1-3H3;1,3H;;;/q;;;;;;;;2*+1;-1/p-1/i1D3,2D3,17D;1D3,2D3,13D;;1D3,2D3,10D;1D3,2D3,6D;;1D3,2D3,4D;;;;. The summed E-state index contributed by atoms with van der Waals surface area (Å²) in [5.74, 6) is -4.52. The number of nitrogens with one attached hydrogen (secondary N) is 4. The predicted molar refractivity (Wildman–Crippen MR) is 561 cm³/mol. The molecule has 5 aliphatic heterocycles. The first-order valence-electron chi connectivity index (χ1n) is 60.9. The molecule has 0 atom stereocenters. The van der Waals surface area contributed by atoms with E-state index in [9.17, 15) is 58.5 Å². The molecule has 12 rings (SSSR count). The fourth-order valence-corrected chi connectivity index (χ4v) is 15.5. The van der Waals surface area contributed by atoms with Crippen molar-refractivity contribution in [2.24, 2.45) is 5.89 Å². The fraction of sp³-hybridized carbons (Fsp3) is 0.515. The van der Waals surface area contributed by atoms with Crippen molar-refractivity contribution in [1.29, 1.82) is 0 Å². The fourth-order valence-electron chi connectivity index (χ4n) is 13.6. The van der Waals surface area contributed by atoms with Crippen LogP contribution in [0.2, 0.25) is 5.02 Å². The topological polar surface area (TPSA) is 465 Å². The van der Waals surface area contributed by atoms with Crippen LogP contribution in [0.3, 0.4) is 0 Å². The zero-order chi connectivity index (χ0) is 137. The Morgan fingerprint density at radius 3 is 1.47 bits per heavy atom. The second-order valence-electron chi connectivity index (χ2n) is 35.1. The summed E-state index contributed by atoms with van der Waals surface area (Å²) >= 11 is 12.6. The SMILES string of the molecule is CC(C)(C)OC(=O)N1CC=C(B2OC(C)(C)C(C)(C)O2)CC1.Cc1cc([N+](=O)[O-])c(O)cc1Br.O=CO[O-].[2H]C([2H])([2H])C([2H])(C)C([2H])([2H])[2H].[2H]C([2H])([2H])C([2H])(Oc1cc(Br)c(C)cc1[N+](=O)[O-])C([2H])([2H])[2H].[2H]C([2H])([2H])C([2H])(Oc1cc(C2=CCN(C(=O)OC(C)(C)C)CC2)c(C)cc1[N+](=O)[O-])C([2H])([2H])[2H].[2H]C([2H])([2H])C([2H])(Oc1cc(C2=CCNCC2)c(C)cc1[N+](=O)[O-])C([2H])([2H])[2H].[2H]C([2H])([2H])C([2H])(Oc1cc(C2CCNCC2)c(C)cc1Nc1ncc(Cl)c(Nc2ccccc2S(=O)(=O)C(C)C)n1)C([2H])([2H])[2H].[Cs+].[Cs+].[H-]. The molecular weight excluding hydrogens is 2270 g/mol. The van der Waals surface area contributed by atoms with Crippen molar-refractivity contribution in [2.75, 3.05) is 63.0 Å². The van der Waals surface area contributed by atoms with Crippen LogP contribution in [0.4, 0.5) is 55.5 Å². The Balaban J connectivity index is 0.000000730. The average Bonchev–Trinajstić information content (AvgIpc) is 1.08. The summed E-state index contributed by atoms with van der Waals surface area (Å²) in [6, 6.07) is 19.2. The van der Waals surface area contributed by atoms with E-state index >= 15 is 0 Å². The van der Waals surface area contributed by atoms with Crippen LogP contribution in [0, 0.1) is 81.0 Å². The van der Waals surface area contributed by atoms with E-state index in [4.69, 9.17) is 112 Å². The Labute approximate surface area is 1040 Å². The number of nitro groups is 4. The summed E-state index contributed by atoms with van der Waals surface area (Å²) in [7, 11) is -3.97. The van der Waals surface area contributed by atoms with Crippen molar-refractivity contribution in [1.82, 2.24) is 30.4 Å². The molecule has 2 saturated heterocycles. The molecule has 2 fully saturated rings. The number of phenols is 1. The molecule has 36 nitrogen and oxygen atoms in total. The van der Waals surface area contributed by atoms with Crippen LogP contribution in [0.5, 0.6) is 28.7 Å². The summed E-state index contributed by atoms with van der Waals surface area (Å²) < 4.78 is 331. The first kappa shape index (κ1) is 83.7. The van der Waals surface area contributed by atoms with Crippen molar-refractivity contribution in [3.05, 3.63) is 214 Å². The first-order valence-corrected chi connectivity index (χ1v) is 46.9. The number of hydrogen-bond acceptors (Lipinski definition) is 30. The number of para-hydroxylation sites is 1. The van der Waals surface area contributed by atoms with E-state index in [0.717, 1.165) is 85.2 Å². The number of aromatic nitrogens is 2. The maximum Gasteiger partial charge on any atom is 1.00 e. The number of rotatable bonds is 23. The van der Waals surface area contributed by atoms with Crippen molar-refractivity contribution in [2.45, 2.75) is 288 Å². The maximum atomic E-state index is 13.0. The molecule has 6 heterocycles. The van der Waals surface area contributed by atoms with E-state index in [1.807, 2.05) is 67.5 Å². The van der Waals surface area contributed by atoms with Gasteiger partial charge in [-0.2, -0.15) is 4.98 Å². The van der Waals surface area contributed by atoms with Crippen LogP contribution in [0.25, 0.3) is 11.1 Å². The Bertz CT molecular complexity index is 7190. The minimum absolute atomic E-state index is 0. The van der Waals surface area contributed by atoms with Crippen LogP contribution in [-0.4, -0.2) is 183 Å². The first-order chi connectivity index (χ1) is 79.9. The number of sulfone groups is 1. The van der Waals surface area contributed by atoms with Crippen molar-refractivity contribution in [3.63, 3.8) is 0 Å².